The van der Waals surface area contributed by atoms with E-state index in [1.807, 2.05) is 0 Å². The van der Waals surface area contributed by atoms with E-state index in [-0.39, 0.29) is 16.0 Å². The predicted octanol–water partition coefficient (Wildman–Crippen LogP) is 3.88. The van der Waals surface area contributed by atoms with E-state index in [0.717, 1.165) is 17.4 Å². The molecule has 0 aliphatic carbocycles. The van der Waals surface area contributed by atoms with Crippen LogP contribution in [0.2, 0.25) is 0 Å². The van der Waals surface area contributed by atoms with Crippen molar-refractivity contribution in [2.75, 3.05) is 6.54 Å². The second kappa shape index (κ2) is 6.29. The molecule has 18 heavy (non-hydrogen) atoms. The lowest BCUT2D eigenvalue weighted by molar-refractivity contribution is -0.385. The molecule has 1 N–H and O–H groups in total. The minimum absolute atomic E-state index is 0.168. The second-order valence-electron chi connectivity index (χ2n) is 5.52. The molecular weight excluding hydrogens is 296 g/mol. The summed E-state index contributed by atoms with van der Waals surface area (Å²) in [6.45, 7) is 7.90. The monoisotopic (exact) mass is 314 g/mol. The van der Waals surface area contributed by atoms with Gasteiger partial charge in [0.15, 0.2) is 0 Å². The molecule has 0 unspecified atom stereocenters. The van der Waals surface area contributed by atoms with Crippen LogP contribution in [0.3, 0.4) is 0 Å². The second-order valence-corrected chi connectivity index (χ2v) is 6.43. The Balaban J connectivity index is 2.61. The highest BCUT2D eigenvalue weighted by molar-refractivity contribution is 9.10. The van der Waals surface area contributed by atoms with E-state index in [0.29, 0.717) is 12.1 Å². The van der Waals surface area contributed by atoms with Crippen molar-refractivity contribution < 1.29 is 4.92 Å². The zero-order valence-corrected chi connectivity index (χ0v) is 12.6. The highest BCUT2D eigenvalue weighted by Crippen LogP contribution is 2.23. The molecule has 0 amide bonds. The number of benzene rings is 1. The fourth-order valence-electron chi connectivity index (χ4n) is 1.56. The third-order valence-electron chi connectivity index (χ3n) is 2.61. The summed E-state index contributed by atoms with van der Waals surface area (Å²) in [7, 11) is 0. The summed E-state index contributed by atoms with van der Waals surface area (Å²) in [5.41, 5.74) is 1.15. The van der Waals surface area contributed by atoms with Gasteiger partial charge in [0.1, 0.15) is 0 Å². The highest BCUT2D eigenvalue weighted by atomic mass is 79.9. The van der Waals surface area contributed by atoms with Crippen LogP contribution < -0.4 is 5.32 Å². The van der Waals surface area contributed by atoms with Crippen molar-refractivity contribution in [2.24, 2.45) is 5.41 Å². The molecule has 0 atom stereocenters. The standard InChI is InChI=1S/C13H19BrN2O2/c1-13(2,3)6-7-15-9-10-8-11(14)4-5-12(10)16(17)18/h4-5,8,15H,6-7,9H2,1-3H3. The van der Waals surface area contributed by atoms with Crippen LogP contribution in [0.25, 0.3) is 0 Å². The lowest BCUT2D eigenvalue weighted by Gasteiger charge is -2.18. The van der Waals surface area contributed by atoms with Gasteiger partial charge in [0.2, 0.25) is 0 Å². The molecule has 0 radical (unpaired) electrons. The van der Waals surface area contributed by atoms with E-state index in [1.54, 1.807) is 12.1 Å². The van der Waals surface area contributed by atoms with Gasteiger partial charge in [-0.3, -0.25) is 10.1 Å². The molecular formula is C13H19BrN2O2. The van der Waals surface area contributed by atoms with Gasteiger partial charge in [-0.25, -0.2) is 0 Å². The van der Waals surface area contributed by atoms with Crippen LogP contribution in [0, 0.1) is 15.5 Å². The topological polar surface area (TPSA) is 55.2 Å². The Morgan fingerprint density at radius 1 is 1.39 bits per heavy atom. The number of hydrogen-bond donors (Lipinski definition) is 1. The van der Waals surface area contributed by atoms with Crippen LogP contribution in [-0.2, 0) is 6.54 Å². The maximum atomic E-state index is 10.9. The molecule has 0 aliphatic rings. The Morgan fingerprint density at radius 3 is 2.61 bits per heavy atom. The molecule has 4 nitrogen and oxygen atoms in total. The van der Waals surface area contributed by atoms with Gasteiger partial charge < -0.3 is 5.32 Å². The Labute approximate surface area is 116 Å². The molecule has 0 aromatic heterocycles. The van der Waals surface area contributed by atoms with Gasteiger partial charge in [0, 0.05) is 22.6 Å². The number of halogens is 1. The van der Waals surface area contributed by atoms with Gasteiger partial charge in [0.05, 0.1) is 4.92 Å². The quantitative estimate of drug-likeness (QED) is 0.509. The zero-order chi connectivity index (χ0) is 13.8. The maximum absolute atomic E-state index is 10.9. The number of nitrogens with zero attached hydrogens (tertiary/aromatic N) is 1. The fourth-order valence-corrected chi connectivity index (χ4v) is 1.97. The number of hydrogen-bond acceptors (Lipinski definition) is 3. The summed E-state index contributed by atoms with van der Waals surface area (Å²) in [5, 5.41) is 14.1. The van der Waals surface area contributed by atoms with Crippen LogP contribution in [0.5, 0.6) is 0 Å². The van der Waals surface area contributed by atoms with E-state index in [2.05, 4.69) is 42.0 Å². The van der Waals surface area contributed by atoms with Crippen molar-refractivity contribution in [3.8, 4) is 0 Å². The molecule has 100 valence electrons. The molecule has 1 rings (SSSR count). The van der Waals surface area contributed by atoms with Crippen molar-refractivity contribution in [1.82, 2.24) is 5.32 Å². The van der Waals surface area contributed by atoms with Gasteiger partial charge in [-0.2, -0.15) is 0 Å². The largest absolute Gasteiger partial charge is 0.312 e. The molecule has 0 spiro atoms. The van der Waals surface area contributed by atoms with Gasteiger partial charge >= 0.3 is 0 Å². The highest BCUT2D eigenvalue weighted by Gasteiger charge is 2.14. The number of rotatable bonds is 5. The van der Waals surface area contributed by atoms with Crippen LogP contribution in [0.15, 0.2) is 22.7 Å². The first-order valence-corrected chi connectivity index (χ1v) is 6.72. The Bertz CT molecular complexity index is 427. The molecule has 5 heteroatoms. The number of nitrogens with one attached hydrogen (secondary N) is 1. The van der Waals surface area contributed by atoms with E-state index < -0.39 is 0 Å². The first-order chi connectivity index (χ1) is 8.29. The average molecular weight is 315 g/mol. The molecule has 0 bridgehead atoms. The van der Waals surface area contributed by atoms with Crippen LogP contribution in [-0.4, -0.2) is 11.5 Å². The van der Waals surface area contributed by atoms with Crippen LogP contribution >= 0.6 is 15.9 Å². The molecule has 1 aromatic carbocycles. The summed E-state index contributed by atoms with van der Waals surface area (Å²) in [6.07, 6.45) is 1.04. The van der Waals surface area contributed by atoms with Crippen molar-refractivity contribution >= 4 is 21.6 Å². The third-order valence-corrected chi connectivity index (χ3v) is 3.10. The molecule has 0 fully saturated rings. The summed E-state index contributed by atoms with van der Waals surface area (Å²) >= 11 is 3.34. The Kier molecular flexibility index (Phi) is 5.28. The van der Waals surface area contributed by atoms with E-state index in [1.165, 1.54) is 6.07 Å². The number of nitro groups is 1. The molecule has 0 aliphatic heterocycles. The molecule has 1 aromatic rings. The zero-order valence-electron chi connectivity index (χ0n) is 11.0. The summed E-state index contributed by atoms with van der Waals surface area (Å²) in [4.78, 5) is 10.5. The fraction of sp³-hybridized carbons (Fsp3) is 0.538. The first kappa shape index (κ1) is 15.1. The Hall–Kier alpha value is -0.940. The van der Waals surface area contributed by atoms with Crippen molar-refractivity contribution in [1.29, 1.82) is 0 Å². The van der Waals surface area contributed by atoms with Crippen molar-refractivity contribution in [3.63, 3.8) is 0 Å². The average Bonchev–Trinajstić information content (AvgIpc) is 2.22. The minimum Gasteiger partial charge on any atom is -0.312 e. The predicted molar refractivity (Wildman–Crippen MR) is 76.6 cm³/mol. The Morgan fingerprint density at radius 2 is 2.06 bits per heavy atom. The van der Waals surface area contributed by atoms with Crippen molar-refractivity contribution in [2.45, 2.75) is 33.7 Å². The van der Waals surface area contributed by atoms with Gasteiger partial charge in [0.25, 0.3) is 5.69 Å². The lowest BCUT2D eigenvalue weighted by atomic mass is 9.92. The van der Waals surface area contributed by atoms with E-state index in [9.17, 15) is 10.1 Å². The minimum atomic E-state index is -0.340. The van der Waals surface area contributed by atoms with Gasteiger partial charge in [-0.1, -0.05) is 36.7 Å². The molecule has 0 saturated heterocycles. The molecule has 0 heterocycles. The smallest absolute Gasteiger partial charge is 0.273 e. The van der Waals surface area contributed by atoms with E-state index >= 15 is 0 Å². The SMILES string of the molecule is CC(C)(C)CCNCc1cc(Br)ccc1[N+](=O)[O-]. The van der Waals surface area contributed by atoms with Gasteiger partial charge in [-0.05, 0) is 30.5 Å². The summed E-state index contributed by atoms with van der Waals surface area (Å²) in [6, 6.07) is 5.02. The maximum Gasteiger partial charge on any atom is 0.273 e. The number of nitro benzene ring substituents is 1. The van der Waals surface area contributed by atoms with Crippen LogP contribution in [0.4, 0.5) is 5.69 Å². The van der Waals surface area contributed by atoms with E-state index in [4.69, 9.17) is 0 Å². The third kappa shape index (κ3) is 5.14. The summed E-state index contributed by atoms with van der Waals surface area (Å²) < 4.78 is 0.862. The van der Waals surface area contributed by atoms with Crippen LogP contribution in [0.1, 0.15) is 32.8 Å². The molecule has 0 saturated carbocycles. The summed E-state index contributed by atoms with van der Waals surface area (Å²) in [5.74, 6) is 0. The van der Waals surface area contributed by atoms with Crippen molar-refractivity contribution in [3.05, 3.63) is 38.3 Å². The normalized spacial score (nSPS) is 11.6. The first-order valence-electron chi connectivity index (χ1n) is 5.93. The lowest BCUT2D eigenvalue weighted by Crippen LogP contribution is -2.20. The van der Waals surface area contributed by atoms with Gasteiger partial charge in [-0.15, -0.1) is 0 Å².